The van der Waals surface area contributed by atoms with E-state index in [2.05, 4.69) is 26.4 Å². The predicted octanol–water partition coefficient (Wildman–Crippen LogP) is 5.50. The van der Waals surface area contributed by atoms with E-state index in [9.17, 15) is 23.1 Å². The van der Waals surface area contributed by atoms with Gasteiger partial charge < -0.3 is 24.5 Å². The highest BCUT2D eigenvalue weighted by Crippen LogP contribution is 2.46. The molecule has 5 heterocycles. The lowest BCUT2D eigenvalue weighted by atomic mass is 9.94. The fourth-order valence-corrected chi connectivity index (χ4v) is 7.45. The van der Waals surface area contributed by atoms with Crippen molar-refractivity contribution < 1.29 is 36.6 Å². The Morgan fingerprint density at radius 1 is 1.12 bits per heavy atom. The number of amides is 1. The number of phenolic OH excluding ortho intramolecular Hbond substituents is 1. The van der Waals surface area contributed by atoms with Crippen molar-refractivity contribution in [2.75, 3.05) is 50.8 Å². The van der Waals surface area contributed by atoms with E-state index in [1.165, 1.54) is 29.2 Å². The first-order valence-electron chi connectivity index (χ1n) is 15.7. The van der Waals surface area contributed by atoms with Crippen LogP contribution < -0.4 is 9.64 Å². The first kappa shape index (κ1) is 32.4. The van der Waals surface area contributed by atoms with Crippen molar-refractivity contribution in [1.82, 2.24) is 24.8 Å². The monoisotopic (exact) mass is 679 g/mol. The van der Waals surface area contributed by atoms with Gasteiger partial charge in [-0.3, -0.25) is 9.69 Å². The Balaban J connectivity index is 1.34. The lowest BCUT2D eigenvalue weighted by Crippen LogP contribution is -2.56. The molecule has 0 bridgehead atoms. The zero-order valence-corrected chi connectivity index (χ0v) is 26.1. The van der Waals surface area contributed by atoms with Crippen LogP contribution in [0.15, 0.2) is 48.8 Å². The summed E-state index contributed by atoms with van der Waals surface area (Å²) in [5, 5.41) is 10.9. The van der Waals surface area contributed by atoms with Gasteiger partial charge in [-0.25, -0.2) is 33.5 Å². The number of fused-ring (bicyclic) bond motifs is 3. The van der Waals surface area contributed by atoms with Crippen LogP contribution in [0.2, 0.25) is 0 Å². The number of aromatic nitrogens is 3. The fourth-order valence-electron chi connectivity index (χ4n) is 7.45. The summed E-state index contributed by atoms with van der Waals surface area (Å²) in [6.45, 7) is 10.4. The van der Waals surface area contributed by atoms with Crippen molar-refractivity contribution in [2.45, 2.75) is 36.8 Å². The molecule has 2 atom stereocenters. The quantitative estimate of drug-likeness (QED) is 0.155. The van der Waals surface area contributed by atoms with Crippen LogP contribution in [0.4, 0.5) is 27.8 Å². The third-order valence-electron chi connectivity index (χ3n) is 9.56. The van der Waals surface area contributed by atoms with Gasteiger partial charge in [0.2, 0.25) is 6.54 Å². The minimum absolute atomic E-state index is 0.00265. The van der Waals surface area contributed by atoms with Crippen molar-refractivity contribution in [3.8, 4) is 23.0 Å². The topological polar surface area (TPSA) is 99.3 Å². The van der Waals surface area contributed by atoms with E-state index in [1.54, 1.807) is 15.9 Å². The number of carbonyl (C=O) groups excluding carboxylic acids is 1. The van der Waals surface area contributed by atoms with Gasteiger partial charge in [-0.1, -0.05) is 18.7 Å². The van der Waals surface area contributed by atoms with Crippen LogP contribution in [0.5, 0.6) is 11.8 Å². The highest BCUT2D eigenvalue weighted by Gasteiger charge is 2.57. The summed E-state index contributed by atoms with van der Waals surface area (Å²) in [7, 11) is 0. The molecule has 1 amide bonds. The second-order valence-electron chi connectivity index (χ2n) is 12.8. The molecular weight excluding hydrogens is 649 g/mol. The molecule has 3 saturated heterocycles. The molecule has 3 aliphatic heterocycles. The lowest BCUT2D eigenvalue weighted by molar-refractivity contribution is -0.131. The van der Waals surface area contributed by atoms with E-state index in [-0.39, 0.29) is 84.6 Å². The maximum atomic E-state index is 16.1. The van der Waals surface area contributed by atoms with Crippen LogP contribution in [-0.2, 0) is 4.79 Å². The van der Waals surface area contributed by atoms with Gasteiger partial charge in [-0.05, 0) is 49.0 Å². The summed E-state index contributed by atoms with van der Waals surface area (Å²) in [5.41, 5.74) is -1.34. The number of hydrogen-bond donors (Lipinski definition) is 1. The number of pyridine rings is 1. The number of aromatic hydroxyl groups is 1. The molecule has 0 saturated carbocycles. The Morgan fingerprint density at radius 3 is 2.71 bits per heavy atom. The molecule has 10 nitrogen and oxygen atoms in total. The molecule has 0 unspecified atom stereocenters. The molecule has 3 fully saturated rings. The number of halogens is 5. The Bertz CT molecular complexity index is 2060. The number of rotatable bonds is 7. The number of phenols is 1. The summed E-state index contributed by atoms with van der Waals surface area (Å²) in [6, 6.07) is 6.87. The van der Waals surface area contributed by atoms with Crippen molar-refractivity contribution in [3.05, 3.63) is 71.9 Å². The van der Waals surface area contributed by atoms with Crippen molar-refractivity contribution in [3.63, 3.8) is 0 Å². The van der Waals surface area contributed by atoms with Crippen molar-refractivity contribution in [1.29, 1.82) is 0 Å². The molecule has 0 spiro atoms. The molecule has 0 aliphatic carbocycles. The SMILES string of the molecule is [C-]#[N+]C[C@H]1CN(c2nc(OC[C@@]34CCCN3CC(F)(F)C4)nc3nc(-c4cc(O)cc5cccc(F)c45)c(F)cc23)CCN1C(=O)C(=C)F. The van der Waals surface area contributed by atoms with Gasteiger partial charge in [0, 0.05) is 37.0 Å². The standard InChI is InChI=1S/C34H30F5N7O3/c1-19(35)31(48)46-10-9-44(15-21(46)14-40-2)30-24-13-26(37)28(23-12-22(47)11-20-5-3-6-25(36)27(20)23)41-29(24)42-32(43-30)49-18-33-7-4-8-45(33)17-34(38,39)16-33/h3,5-6,11-13,21,47H,1,4,7-10,14-18H2/t21-,33-/m0/s1. The minimum Gasteiger partial charge on any atom is -0.508 e. The maximum Gasteiger partial charge on any atom is 0.320 e. The van der Waals surface area contributed by atoms with Crippen LogP contribution >= 0.6 is 0 Å². The van der Waals surface area contributed by atoms with E-state index in [0.29, 0.717) is 18.4 Å². The van der Waals surface area contributed by atoms with Crippen molar-refractivity contribution in [2.24, 2.45) is 0 Å². The summed E-state index contributed by atoms with van der Waals surface area (Å²) >= 11 is 0. The zero-order chi connectivity index (χ0) is 34.7. The number of benzene rings is 2. The van der Waals surface area contributed by atoms with E-state index in [0.717, 1.165) is 12.5 Å². The molecule has 4 aromatic rings. The first-order valence-corrected chi connectivity index (χ1v) is 15.7. The number of ether oxygens (including phenoxy) is 1. The Hall–Kier alpha value is -5.10. The number of hydrogen-bond acceptors (Lipinski definition) is 8. The molecule has 49 heavy (non-hydrogen) atoms. The lowest BCUT2D eigenvalue weighted by Gasteiger charge is -2.39. The molecular formula is C34H30F5N7O3. The summed E-state index contributed by atoms with van der Waals surface area (Å²) in [4.78, 5) is 34.0. The first-order chi connectivity index (χ1) is 23.4. The highest BCUT2D eigenvalue weighted by molar-refractivity contribution is 5.99. The second-order valence-corrected chi connectivity index (χ2v) is 12.8. The molecule has 254 valence electrons. The highest BCUT2D eigenvalue weighted by atomic mass is 19.3. The van der Waals surface area contributed by atoms with E-state index < -0.39 is 47.3 Å². The molecule has 0 radical (unpaired) electrons. The van der Waals surface area contributed by atoms with E-state index in [1.807, 2.05) is 0 Å². The third-order valence-corrected chi connectivity index (χ3v) is 9.56. The maximum absolute atomic E-state index is 16.1. The zero-order valence-electron chi connectivity index (χ0n) is 26.1. The number of carbonyl (C=O) groups is 1. The van der Waals surface area contributed by atoms with Gasteiger partial charge in [0.05, 0.1) is 17.5 Å². The third kappa shape index (κ3) is 5.83. The van der Waals surface area contributed by atoms with Crippen molar-refractivity contribution >= 4 is 33.5 Å². The van der Waals surface area contributed by atoms with Crippen LogP contribution in [0.3, 0.4) is 0 Å². The molecule has 2 aromatic heterocycles. The Labute approximate surface area is 277 Å². The average Bonchev–Trinajstić information content (AvgIpc) is 3.54. The van der Waals surface area contributed by atoms with E-state index >= 15 is 8.78 Å². The van der Waals surface area contributed by atoms with Gasteiger partial charge in [0.15, 0.2) is 11.5 Å². The second kappa shape index (κ2) is 12.1. The molecule has 3 aliphatic rings. The Morgan fingerprint density at radius 2 is 1.94 bits per heavy atom. The molecule has 1 N–H and O–H groups in total. The summed E-state index contributed by atoms with van der Waals surface area (Å²) in [5.74, 6) is -6.65. The van der Waals surface area contributed by atoms with Crippen LogP contribution in [-0.4, -0.2) is 99.1 Å². The largest absolute Gasteiger partial charge is 0.508 e. The number of alkyl halides is 2. The Kier molecular flexibility index (Phi) is 8.01. The normalized spacial score (nSPS) is 22.0. The van der Waals surface area contributed by atoms with Gasteiger partial charge in [0.25, 0.3) is 11.8 Å². The predicted molar refractivity (Wildman–Crippen MR) is 170 cm³/mol. The average molecular weight is 680 g/mol. The smallest absolute Gasteiger partial charge is 0.320 e. The fraction of sp³-hybridized carbons (Fsp3) is 0.382. The number of anilines is 1. The molecule has 2 aromatic carbocycles. The minimum atomic E-state index is -2.88. The van der Waals surface area contributed by atoms with Gasteiger partial charge in [-0.2, -0.15) is 9.97 Å². The number of nitrogens with zero attached hydrogens (tertiary/aromatic N) is 7. The van der Waals surface area contributed by atoms with E-state index in [4.69, 9.17) is 11.3 Å². The summed E-state index contributed by atoms with van der Waals surface area (Å²) in [6.07, 6.45) is 0.817. The van der Waals surface area contributed by atoms with Crippen LogP contribution in [0, 0.1) is 18.2 Å². The van der Waals surface area contributed by atoms with Crippen LogP contribution in [0.25, 0.3) is 37.9 Å². The summed E-state index contributed by atoms with van der Waals surface area (Å²) < 4.78 is 80.1. The van der Waals surface area contributed by atoms with Gasteiger partial charge in [0.1, 0.15) is 41.5 Å². The van der Waals surface area contributed by atoms with Gasteiger partial charge >= 0.3 is 6.01 Å². The number of piperazine rings is 1. The molecule has 15 heteroatoms. The van der Waals surface area contributed by atoms with Gasteiger partial charge in [-0.15, -0.1) is 0 Å². The van der Waals surface area contributed by atoms with Crippen LogP contribution in [0.1, 0.15) is 19.3 Å². The molecule has 7 rings (SSSR count).